The van der Waals surface area contributed by atoms with Crippen molar-refractivity contribution in [1.29, 1.82) is 0 Å². The van der Waals surface area contributed by atoms with E-state index in [-0.39, 0.29) is 5.82 Å². The van der Waals surface area contributed by atoms with Crippen molar-refractivity contribution in [3.63, 3.8) is 0 Å². The summed E-state index contributed by atoms with van der Waals surface area (Å²) in [5, 5.41) is 7.76. The Kier molecular flexibility index (Phi) is 7.03. The van der Waals surface area contributed by atoms with Crippen LogP contribution in [0.4, 0.5) is 4.39 Å². The van der Waals surface area contributed by atoms with Gasteiger partial charge in [-0.1, -0.05) is 31.9 Å². The number of hydrogen-bond acceptors (Lipinski definition) is 2. The van der Waals surface area contributed by atoms with Gasteiger partial charge in [-0.2, -0.15) is 5.10 Å². The molecule has 0 aliphatic heterocycles. The maximum absolute atomic E-state index is 12.8. The SMILES string of the molecule is CCCCCNC(=S)N/N=C(/C)c1ccc(F)cc1. The van der Waals surface area contributed by atoms with Gasteiger partial charge in [-0.05, 0) is 43.3 Å². The minimum Gasteiger partial charge on any atom is -0.361 e. The molecular formula is C14H20FN3S. The number of halogens is 1. The lowest BCUT2D eigenvalue weighted by Crippen LogP contribution is -2.33. The third-order valence-electron chi connectivity index (χ3n) is 2.65. The van der Waals surface area contributed by atoms with E-state index in [1.807, 2.05) is 6.92 Å². The number of hydrazone groups is 1. The van der Waals surface area contributed by atoms with Crippen molar-refractivity contribution < 1.29 is 4.39 Å². The minimum absolute atomic E-state index is 0.252. The van der Waals surface area contributed by atoms with E-state index < -0.39 is 0 Å². The second-order valence-electron chi connectivity index (χ2n) is 4.28. The summed E-state index contributed by atoms with van der Waals surface area (Å²) in [7, 11) is 0. The van der Waals surface area contributed by atoms with E-state index in [9.17, 15) is 4.39 Å². The molecule has 1 aromatic rings. The Bertz CT molecular complexity index is 429. The molecule has 104 valence electrons. The van der Waals surface area contributed by atoms with Crippen LogP contribution in [0, 0.1) is 5.82 Å². The zero-order valence-electron chi connectivity index (χ0n) is 11.4. The smallest absolute Gasteiger partial charge is 0.186 e. The number of nitrogens with one attached hydrogen (secondary N) is 2. The molecule has 1 rings (SSSR count). The fourth-order valence-corrected chi connectivity index (χ4v) is 1.65. The fraction of sp³-hybridized carbons (Fsp3) is 0.429. The molecule has 0 unspecified atom stereocenters. The molecule has 0 saturated heterocycles. The molecule has 0 saturated carbocycles. The maximum atomic E-state index is 12.8. The molecule has 0 heterocycles. The Morgan fingerprint density at radius 3 is 2.58 bits per heavy atom. The average molecular weight is 281 g/mol. The quantitative estimate of drug-likeness (QED) is 0.364. The van der Waals surface area contributed by atoms with Gasteiger partial charge in [-0.3, -0.25) is 5.43 Å². The van der Waals surface area contributed by atoms with Crippen molar-refractivity contribution in [2.45, 2.75) is 33.1 Å². The van der Waals surface area contributed by atoms with Crippen LogP contribution in [0.25, 0.3) is 0 Å². The average Bonchev–Trinajstić information content (AvgIpc) is 2.42. The standard InChI is InChI=1S/C14H20FN3S/c1-3-4-5-10-16-14(19)18-17-11(2)12-6-8-13(15)9-7-12/h6-9H,3-5,10H2,1-2H3,(H2,16,18,19)/b17-11-. The number of thiocarbonyl (C=S) groups is 1. The molecule has 0 bridgehead atoms. The second kappa shape index (κ2) is 8.58. The number of nitrogens with zero attached hydrogens (tertiary/aromatic N) is 1. The van der Waals surface area contributed by atoms with Gasteiger partial charge in [0.1, 0.15) is 5.82 Å². The Morgan fingerprint density at radius 1 is 1.26 bits per heavy atom. The predicted molar refractivity (Wildman–Crippen MR) is 81.9 cm³/mol. The molecular weight excluding hydrogens is 261 g/mol. The van der Waals surface area contributed by atoms with Gasteiger partial charge in [0.25, 0.3) is 0 Å². The van der Waals surface area contributed by atoms with Crippen LogP contribution in [0.5, 0.6) is 0 Å². The number of benzene rings is 1. The van der Waals surface area contributed by atoms with Crippen LogP contribution in [0.3, 0.4) is 0 Å². The summed E-state index contributed by atoms with van der Waals surface area (Å²) < 4.78 is 12.8. The summed E-state index contributed by atoms with van der Waals surface area (Å²) in [6, 6.07) is 6.20. The molecule has 0 fully saturated rings. The van der Waals surface area contributed by atoms with E-state index in [4.69, 9.17) is 12.2 Å². The first-order chi connectivity index (χ1) is 9.13. The van der Waals surface area contributed by atoms with Gasteiger partial charge in [0.15, 0.2) is 5.11 Å². The summed E-state index contributed by atoms with van der Waals surface area (Å²) in [5.41, 5.74) is 4.41. The molecule has 1 aromatic carbocycles. The predicted octanol–water partition coefficient (Wildman–Crippen LogP) is 3.20. The zero-order valence-corrected chi connectivity index (χ0v) is 12.2. The first-order valence-electron chi connectivity index (χ1n) is 6.47. The first-order valence-corrected chi connectivity index (χ1v) is 6.88. The van der Waals surface area contributed by atoms with Crippen molar-refractivity contribution in [3.8, 4) is 0 Å². The highest BCUT2D eigenvalue weighted by molar-refractivity contribution is 7.80. The summed E-state index contributed by atoms with van der Waals surface area (Å²) >= 11 is 5.10. The molecule has 0 aliphatic carbocycles. The second-order valence-corrected chi connectivity index (χ2v) is 4.69. The molecule has 0 radical (unpaired) electrons. The third-order valence-corrected chi connectivity index (χ3v) is 2.89. The van der Waals surface area contributed by atoms with Gasteiger partial charge in [-0.25, -0.2) is 4.39 Å². The molecule has 0 atom stereocenters. The lowest BCUT2D eigenvalue weighted by atomic mass is 10.1. The van der Waals surface area contributed by atoms with Gasteiger partial charge >= 0.3 is 0 Å². The Balaban J connectivity index is 2.38. The van der Waals surface area contributed by atoms with E-state index in [1.54, 1.807) is 12.1 Å². The summed E-state index contributed by atoms with van der Waals surface area (Å²) in [6.45, 7) is 4.86. The highest BCUT2D eigenvalue weighted by atomic mass is 32.1. The first kappa shape index (κ1) is 15.6. The molecule has 0 aliphatic rings. The molecule has 0 spiro atoms. The van der Waals surface area contributed by atoms with Crippen LogP contribution < -0.4 is 10.7 Å². The summed E-state index contributed by atoms with van der Waals surface area (Å²) in [4.78, 5) is 0. The monoisotopic (exact) mass is 281 g/mol. The van der Waals surface area contributed by atoms with Crippen LogP contribution in [0.1, 0.15) is 38.7 Å². The molecule has 3 nitrogen and oxygen atoms in total. The summed E-state index contributed by atoms with van der Waals surface area (Å²) in [5.74, 6) is -0.252. The Hall–Kier alpha value is -1.49. The normalized spacial score (nSPS) is 11.2. The molecule has 0 amide bonds. The van der Waals surface area contributed by atoms with E-state index in [1.165, 1.54) is 25.0 Å². The molecule has 5 heteroatoms. The van der Waals surface area contributed by atoms with Crippen LogP contribution in [-0.4, -0.2) is 17.4 Å². The zero-order chi connectivity index (χ0) is 14.1. The van der Waals surface area contributed by atoms with Crippen molar-refractivity contribution in [2.75, 3.05) is 6.54 Å². The molecule has 0 aromatic heterocycles. The number of hydrogen-bond donors (Lipinski definition) is 2. The molecule has 2 N–H and O–H groups in total. The minimum atomic E-state index is -0.252. The highest BCUT2D eigenvalue weighted by Crippen LogP contribution is 2.03. The maximum Gasteiger partial charge on any atom is 0.186 e. The molecule has 19 heavy (non-hydrogen) atoms. The Morgan fingerprint density at radius 2 is 1.95 bits per heavy atom. The van der Waals surface area contributed by atoms with Crippen LogP contribution >= 0.6 is 12.2 Å². The topological polar surface area (TPSA) is 36.4 Å². The van der Waals surface area contributed by atoms with Crippen LogP contribution in [0.15, 0.2) is 29.4 Å². The van der Waals surface area contributed by atoms with Crippen LogP contribution in [-0.2, 0) is 0 Å². The van der Waals surface area contributed by atoms with Crippen molar-refractivity contribution >= 4 is 23.0 Å². The fourth-order valence-electron chi connectivity index (χ4n) is 1.51. The van der Waals surface area contributed by atoms with Crippen LogP contribution in [0.2, 0.25) is 0 Å². The van der Waals surface area contributed by atoms with Gasteiger partial charge in [0, 0.05) is 6.54 Å². The lowest BCUT2D eigenvalue weighted by Gasteiger charge is -2.07. The third kappa shape index (κ3) is 6.29. The van der Waals surface area contributed by atoms with E-state index in [0.29, 0.717) is 5.11 Å². The van der Waals surface area contributed by atoms with Gasteiger partial charge in [0.05, 0.1) is 5.71 Å². The summed E-state index contributed by atoms with van der Waals surface area (Å²) in [6.07, 6.45) is 3.47. The Labute approximate surface area is 119 Å². The largest absolute Gasteiger partial charge is 0.361 e. The number of rotatable bonds is 6. The van der Waals surface area contributed by atoms with Gasteiger partial charge < -0.3 is 5.32 Å². The van der Waals surface area contributed by atoms with E-state index in [0.717, 1.165) is 24.2 Å². The number of unbranched alkanes of at least 4 members (excludes halogenated alkanes) is 2. The van der Waals surface area contributed by atoms with E-state index >= 15 is 0 Å². The van der Waals surface area contributed by atoms with Crippen molar-refractivity contribution in [3.05, 3.63) is 35.6 Å². The van der Waals surface area contributed by atoms with Gasteiger partial charge in [0.2, 0.25) is 0 Å². The lowest BCUT2D eigenvalue weighted by molar-refractivity contribution is 0.628. The van der Waals surface area contributed by atoms with E-state index in [2.05, 4.69) is 22.8 Å². The highest BCUT2D eigenvalue weighted by Gasteiger charge is 1.98. The van der Waals surface area contributed by atoms with Crippen molar-refractivity contribution in [2.24, 2.45) is 5.10 Å². The van der Waals surface area contributed by atoms with Gasteiger partial charge in [-0.15, -0.1) is 0 Å². The van der Waals surface area contributed by atoms with Crippen molar-refractivity contribution in [1.82, 2.24) is 10.7 Å².